The summed E-state index contributed by atoms with van der Waals surface area (Å²) in [5.41, 5.74) is 5.51. The van der Waals surface area contributed by atoms with E-state index < -0.39 is 0 Å². The monoisotopic (exact) mass is 259 g/mol. The van der Waals surface area contributed by atoms with Crippen LogP contribution in [0.3, 0.4) is 0 Å². The molecule has 100 valence electrons. The molecule has 0 aromatic rings. The standard InChI is InChI=1S/C12H25N3OS/c1-8(2)10(5)14-12(16)7-15(9(3)4)6-11(13)17/h8-10H,6-7H2,1-5H3,(H2,13,17)(H,14,16). The highest BCUT2D eigenvalue weighted by Gasteiger charge is 2.17. The number of thiocarbonyl (C=S) groups is 1. The van der Waals surface area contributed by atoms with Crippen LogP contribution in [-0.2, 0) is 4.79 Å². The molecular weight excluding hydrogens is 234 g/mol. The molecule has 0 aliphatic heterocycles. The maximum Gasteiger partial charge on any atom is 0.234 e. The van der Waals surface area contributed by atoms with Gasteiger partial charge in [0.05, 0.1) is 11.5 Å². The van der Waals surface area contributed by atoms with Gasteiger partial charge in [0, 0.05) is 18.6 Å². The van der Waals surface area contributed by atoms with Crippen LogP contribution in [0.25, 0.3) is 0 Å². The molecule has 0 saturated heterocycles. The summed E-state index contributed by atoms with van der Waals surface area (Å²) in [7, 11) is 0. The van der Waals surface area contributed by atoms with Crippen molar-refractivity contribution in [3.8, 4) is 0 Å². The van der Waals surface area contributed by atoms with E-state index in [9.17, 15) is 4.79 Å². The van der Waals surface area contributed by atoms with Gasteiger partial charge in [-0.3, -0.25) is 9.69 Å². The topological polar surface area (TPSA) is 58.4 Å². The number of nitrogens with one attached hydrogen (secondary N) is 1. The van der Waals surface area contributed by atoms with E-state index >= 15 is 0 Å². The highest BCUT2D eigenvalue weighted by Crippen LogP contribution is 2.01. The zero-order valence-electron chi connectivity index (χ0n) is 11.5. The van der Waals surface area contributed by atoms with Gasteiger partial charge >= 0.3 is 0 Å². The van der Waals surface area contributed by atoms with Gasteiger partial charge in [-0.05, 0) is 26.7 Å². The first-order valence-electron chi connectivity index (χ1n) is 6.05. The highest BCUT2D eigenvalue weighted by molar-refractivity contribution is 7.80. The van der Waals surface area contributed by atoms with E-state index in [-0.39, 0.29) is 18.0 Å². The molecule has 1 amide bonds. The molecule has 0 rings (SSSR count). The van der Waals surface area contributed by atoms with E-state index in [2.05, 4.69) is 19.2 Å². The minimum absolute atomic E-state index is 0.0242. The first-order chi connectivity index (χ1) is 7.73. The second-order valence-corrected chi connectivity index (χ2v) is 5.59. The number of nitrogens with two attached hydrogens (primary N) is 1. The molecule has 0 fully saturated rings. The van der Waals surface area contributed by atoms with E-state index in [4.69, 9.17) is 18.0 Å². The van der Waals surface area contributed by atoms with Crippen LogP contribution < -0.4 is 11.1 Å². The van der Waals surface area contributed by atoms with Gasteiger partial charge in [0.25, 0.3) is 0 Å². The van der Waals surface area contributed by atoms with Crippen LogP contribution in [0.4, 0.5) is 0 Å². The molecule has 0 aromatic carbocycles. The summed E-state index contributed by atoms with van der Waals surface area (Å²) in [6, 6.07) is 0.429. The molecule has 0 saturated carbocycles. The van der Waals surface area contributed by atoms with Crippen LogP contribution in [0, 0.1) is 5.92 Å². The molecule has 1 atom stereocenters. The van der Waals surface area contributed by atoms with Gasteiger partial charge in [0.2, 0.25) is 5.91 Å². The molecule has 5 heteroatoms. The third-order valence-electron chi connectivity index (χ3n) is 2.82. The van der Waals surface area contributed by atoms with E-state index in [0.29, 0.717) is 24.0 Å². The molecule has 0 aromatic heterocycles. The minimum Gasteiger partial charge on any atom is -0.392 e. The Balaban J connectivity index is 4.26. The van der Waals surface area contributed by atoms with Crippen molar-refractivity contribution in [1.29, 1.82) is 0 Å². The van der Waals surface area contributed by atoms with Crippen molar-refractivity contribution < 1.29 is 4.79 Å². The van der Waals surface area contributed by atoms with Gasteiger partial charge in [0.1, 0.15) is 0 Å². The Bertz CT molecular complexity index is 266. The fraction of sp³-hybridized carbons (Fsp3) is 0.833. The lowest BCUT2D eigenvalue weighted by Gasteiger charge is -2.26. The normalized spacial score (nSPS) is 13.2. The Morgan fingerprint density at radius 3 is 2.12 bits per heavy atom. The Hall–Kier alpha value is -0.680. The van der Waals surface area contributed by atoms with Crippen LogP contribution in [0.2, 0.25) is 0 Å². The predicted octanol–water partition coefficient (Wildman–Crippen LogP) is 1.14. The summed E-state index contributed by atoms with van der Waals surface area (Å²) in [6.07, 6.45) is 0. The van der Waals surface area contributed by atoms with Crippen molar-refractivity contribution in [2.24, 2.45) is 11.7 Å². The number of rotatable bonds is 7. The minimum atomic E-state index is 0.0242. The van der Waals surface area contributed by atoms with E-state index in [1.807, 2.05) is 25.7 Å². The second kappa shape index (κ2) is 7.61. The number of nitrogens with zero attached hydrogens (tertiary/aromatic N) is 1. The van der Waals surface area contributed by atoms with Crippen LogP contribution in [0.15, 0.2) is 0 Å². The van der Waals surface area contributed by atoms with Crippen molar-refractivity contribution in [3.63, 3.8) is 0 Å². The van der Waals surface area contributed by atoms with Gasteiger partial charge in [0.15, 0.2) is 0 Å². The summed E-state index contributed by atoms with van der Waals surface area (Å²) in [5, 5.41) is 2.97. The molecular formula is C12H25N3OS. The average Bonchev–Trinajstić information content (AvgIpc) is 2.15. The number of amides is 1. The van der Waals surface area contributed by atoms with Crippen LogP contribution in [-0.4, -0.2) is 41.0 Å². The fourth-order valence-electron chi connectivity index (χ4n) is 1.27. The number of hydrogen-bond acceptors (Lipinski definition) is 3. The Morgan fingerprint density at radius 1 is 1.24 bits per heavy atom. The first-order valence-corrected chi connectivity index (χ1v) is 6.46. The van der Waals surface area contributed by atoms with Gasteiger partial charge in [-0.2, -0.15) is 0 Å². The third kappa shape index (κ3) is 7.28. The van der Waals surface area contributed by atoms with E-state index in [0.717, 1.165) is 0 Å². The van der Waals surface area contributed by atoms with Crippen molar-refractivity contribution in [3.05, 3.63) is 0 Å². The summed E-state index contributed by atoms with van der Waals surface area (Å²) in [5.74, 6) is 0.457. The molecule has 0 radical (unpaired) electrons. The number of hydrogen-bond donors (Lipinski definition) is 2. The molecule has 17 heavy (non-hydrogen) atoms. The molecule has 0 aliphatic rings. The summed E-state index contributed by atoms with van der Waals surface area (Å²) in [4.78, 5) is 14.2. The molecule has 0 aliphatic carbocycles. The Morgan fingerprint density at radius 2 is 1.76 bits per heavy atom. The van der Waals surface area contributed by atoms with Crippen molar-refractivity contribution in [2.45, 2.75) is 46.7 Å². The fourth-order valence-corrected chi connectivity index (χ4v) is 1.44. The predicted molar refractivity (Wildman–Crippen MR) is 75.9 cm³/mol. The third-order valence-corrected chi connectivity index (χ3v) is 2.95. The number of carbonyl (C=O) groups excluding carboxylic acids is 1. The quantitative estimate of drug-likeness (QED) is 0.673. The van der Waals surface area contributed by atoms with Gasteiger partial charge < -0.3 is 11.1 Å². The van der Waals surface area contributed by atoms with Crippen molar-refractivity contribution in [2.75, 3.05) is 13.1 Å². The average molecular weight is 259 g/mol. The summed E-state index contributed by atoms with van der Waals surface area (Å²) in [6.45, 7) is 11.0. The van der Waals surface area contributed by atoms with E-state index in [1.165, 1.54) is 0 Å². The first kappa shape index (κ1) is 16.3. The van der Waals surface area contributed by atoms with Crippen LogP contribution in [0.1, 0.15) is 34.6 Å². The Labute approximate surface area is 110 Å². The van der Waals surface area contributed by atoms with Gasteiger partial charge in [-0.25, -0.2) is 0 Å². The molecule has 1 unspecified atom stereocenters. The maximum absolute atomic E-state index is 11.8. The molecule has 0 heterocycles. The lowest BCUT2D eigenvalue weighted by Crippen LogP contribution is -2.47. The summed E-state index contributed by atoms with van der Waals surface area (Å²) < 4.78 is 0. The largest absolute Gasteiger partial charge is 0.392 e. The van der Waals surface area contributed by atoms with Gasteiger partial charge in [-0.1, -0.05) is 26.1 Å². The van der Waals surface area contributed by atoms with Gasteiger partial charge in [-0.15, -0.1) is 0 Å². The maximum atomic E-state index is 11.8. The SMILES string of the molecule is CC(C)C(C)NC(=O)CN(CC(N)=S)C(C)C. The highest BCUT2D eigenvalue weighted by atomic mass is 32.1. The number of carbonyl (C=O) groups is 1. The molecule has 0 spiro atoms. The molecule has 3 N–H and O–H groups in total. The lowest BCUT2D eigenvalue weighted by molar-refractivity contribution is -0.123. The van der Waals surface area contributed by atoms with Crippen LogP contribution >= 0.6 is 12.2 Å². The molecule has 4 nitrogen and oxygen atoms in total. The zero-order chi connectivity index (χ0) is 13.6. The lowest BCUT2D eigenvalue weighted by atomic mass is 10.1. The van der Waals surface area contributed by atoms with E-state index in [1.54, 1.807) is 0 Å². The Kier molecular flexibility index (Phi) is 7.30. The second-order valence-electron chi connectivity index (χ2n) is 5.07. The van der Waals surface area contributed by atoms with Crippen molar-refractivity contribution in [1.82, 2.24) is 10.2 Å². The smallest absolute Gasteiger partial charge is 0.234 e. The van der Waals surface area contributed by atoms with Crippen molar-refractivity contribution >= 4 is 23.1 Å². The zero-order valence-corrected chi connectivity index (χ0v) is 12.3. The summed E-state index contributed by atoms with van der Waals surface area (Å²) >= 11 is 4.88. The van der Waals surface area contributed by atoms with Crippen LogP contribution in [0.5, 0.6) is 0 Å². The molecule has 0 bridgehead atoms.